The number of nitrogens with zero attached hydrogens (tertiary/aromatic N) is 3. The van der Waals surface area contributed by atoms with Crippen LogP contribution >= 0.6 is 0 Å². The standard InChI is InChI=1S/C33H29N2O.C13H12N.Ir/c1-19-16-28(33(4,5)6)22-10-7-8-11-23(22)30(19)27-17-29(34-18-20(27)2)26-13-9-12-24-25-15-14-21(3)35-32(25)36-31(24)26;1-10-3-6-12(7-4-10)13-8-5-11(2)9-14-13;/h7-12,14-18H,1-6H3;3-6,8-9H,1-2H3;/q2*-1;/i1D3,2D3,3D3;1D3,2D3;. The van der Waals surface area contributed by atoms with Crippen LogP contribution in [-0.2, 0) is 25.5 Å². The summed E-state index contributed by atoms with van der Waals surface area (Å²) in [6, 6.07) is 30.8. The summed E-state index contributed by atoms with van der Waals surface area (Å²) in [4.78, 5) is 12.8. The van der Waals surface area contributed by atoms with Crippen molar-refractivity contribution in [3.8, 4) is 33.6 Å². The molecule has 51 heavy (non-hydrogen) atoms. The molecule has 5 heteroatoms. The van der Waals surface area contributed by atoms with Gasteiger partial charge in [0.05, 0.1) is 5.58 Å². The summed E-state index contributed by atoms with van der Waals surface area (Å²) < 4.78 is 124. The van der Waals surface area contributed by atoms with Crippen LogP contribution in [0, 0.1) is 46.4 Å². The van der Waals surface area contributed by atoms with E-state index in [0.717, 1.165) is 10.9 Å². The Morgan fingerprint density at radius 2 is 1.49 bits per heavy atom. The van der Waals surface area contributed by atoms with Crippen LogP contribution in [0.2, 0.25) is 0 Å². The third-order valence-electron chi connectivity index (χ3n) is 8.43. The summed E-state index contributed by atoms with van der Waals surface area (Å²) in [5, 5.41) is 2.69. The van der Waals surface area contributed by atoms with Crippen LogP contribution in [0.4, 0.5) is 0 Å². The van der Waals surface area contributed by atoms with E-state index >= 15 is 0 Å². The Kier molecular flexibility index (Phi) is 6.02. The molecule has 4 aromatic heterocycles. The van der Waals surface area contributed by atoms with Crippen molar-refractivity contribution in [3.05, 3.63) is 149 Å². The van der Waals surface area contributed by atoms with Crippen molar-refractivity contribution in [1.82, 2.24) is 15.0 Å². The molecule has 257 valence electrons. The molecule has 0 saturated carbocycles. The SMILES string of the molecule is [2H]C([2H])([2H])c1c[c-]c(-c2ccc(C([2H])([2H])[2H])cn2)cc1.[2H]C([2H])([2H])c1ccc2c(n1)oc1c(-c3cc(-c4c(C([2H])([2H])[2H])cc(C(C)(C)C)c5ccccc45)c(C([2H])([2H])[2H])cn3)[c-]ccc12.[Ir]. The van der Waals surface area contributed by atoms with E-state index in [0.29, 0.717) is 49.8 Å². The number of rotatable bonds is 3. The first-order valence-electron chi connectivity index (χ1n) is 23.3. The smallest absolute Gasteiger partial charge is 0.216 e. The minimum absolute atomic E-state index is 0. The average Bonchev–Trinajstić information content (AvgIpc) is 3.60. The Morgan fingerprint density at radius 3 is 2.20 bits per heavy atom. The molecule has 0 fully saturated rings. The van der Waals surface area contributed by atoms with E-state index in [1.165, 1.54) is 36.7 Å². The van der Waals surface area contributed by atoms with Crippen LogP contribution in [0.15, 0.2) is 108 Å². The fourth-order valence-corrected chi connectivity index (χ4v) is 6.03. The molecule has 0 spiro atoms. The largest absolute Gasteiger partial charge is 0.486 e. The molecule has 8 rings (SSSR count). The second kappa shape index (κ2) is 14.3. The van der Waals surface area contributed by atoms with Gasteiger partial charge >= 0.3 is 0 Å². The van der Waals surface area contributed by atoms with E-state index in [1.54, 1.807) is 42.5 Å². The van der Waals surface area contributed by atoms with Crippen LogP contribution in [0.3, 0.4) is 0 Å². The van der Waals surface area contributed by atoms with Crippen LogP contribution in [0.5, 0.6) is 0 Å². The van der Waals surface area contributed by atoms with Crippen LogP contribution in [0.25, 0.3) is 66.5 Å². The van der Waals surface area contributed by atoms with Gasteiger partial charge in [0.1, 0.15) is 0 Å². The second-order valence-electron chi connectivity index (χ2n) is 12.9. The van der Waals surface area contributed by atoms with Gasteiger partial charge in [-0.3, -0.25) is 0 Å². The molecule has 0 atom stereocenters. The van der Waals surface area contributed by atoms with E-state index in [9.17, 15) is 0 Å². The molecule has 4 heterocycles. The zero-order valence-electron chi connectivity index (χ0n) is 42.9. The number of fused-ring (bicyclic) bond motifs is 4. The Labute approximate surface area is 335 Å². The number of pyridine rings is 3. The minimum atomic E-state index is -2.61. The number of furan rings is 1. The van der Waals surface area contributed by atoms with Crippen LogP contribution < -0.4 is 0 Å². The maximum atomic E-state index is 8.52. The third-order valence-corrected chi connectivity index (χ3v) is 8.43. The molecule has 0 saturated heterocycles. The predicted molar refractivity (Wildman–Crippen MR) is 207 cm³/mol. The average molecular weight is 859 g/mol. The fourth-order valence-electron chi connectivity index (χ4n) is 6.03. The van der Waals surface area contributed by atoms with Gasteiger partial charge in [0.25, 0.3) is 0 Å². The monoisotopic (exact) mass is 859 g/mol. The summed E-state index contributed by atoms with van der Waals surface area (Å²) in [5.74, 6) is 0. The predicted octanol–water partition coefficient (Wildman–Crippen LogP) is 12.0. The van der Waals surface area contributed by atoms with Crippen molar-refractivity contribution in [1.29, 1.82) is 0 Å². The maximum absolute atomic E-state index is 8.52. The summed E-state index contributed by atoms with van der Waals surface area (Å²) in [7, 11) is 0. The van der Waals surface area contributed by atoms with Crippen molar-refractivity contribution in [2.75, 3.05) is 0 Å². The normalized spacial score (nSPS) is 17.0. The first-order valence-corrected chi connectivity index (χ1v) is 15.8. The van der Waals surface area contributed by atoms with Gasteiger partial charge in [-0.1, -0.05) is 87.1 Å². The van der Waals surface area contributed by atoms with E-state index in [1.807, 2.05) is 45.0 Å². The zero-order valence-corrected chi connectivity index (χ0v) is 30.3. The summed E-state index contributed by atoms with van der Waals surface area (Å²) >= 11 is 0. The molecule has 4 aromatic carbocycles. The Hall–Kier alpha value is -4.96. The summed E-state index contributed by atoms with van der Waals surface area (Å²) in [6.07, 6.45) is 2.56. The van der Waals surface area contributed by atoms with E-state index in [4.69, 9.17) is 25.0 Å². The molecular formula is C46H41IrN3O-2. The molecule has 0 unspecified atom stereocenters. The zero-order chi connectivity index (χ0) is 47.7. The summed E-state index contributed by atoms with van der Waals surface area (Å²) in [6.45, 7) is -5.90. The number of hydrogen-bond acceptors (Lipinski definition) is 4. The first-order chi connectivity index (χ1) is 30.0. The molecule has 0 aliphatic heterocycles. The van der Waals surface area contributed by atoms with Gasteiger partial charge < -0.3 is 14.4 Å². The number of benzene rings is 4. The van der Waals surface area contributed by atoms with Crippen LogP contribution in [-0.4, -0.2) is 15.0 Å². The van der Waals surface area contributed by atoms with Crippen molar-refractivity contribution in [2.24, 2.45) is 0 Å². The van der Waals surface area contributed by atoms with Gasteiger partial charge in [0.15, 0.2) is 0 Å². The maximum Gasteiger partial charge on any atom is 0.216 e. The molecule has 4 nitrogen and oxygen atoms in total. The van der Waals surface area contributed by atoms with Gasteiger partial charge in [0, 0.05) is 64.1 Å². The molecule has 8 aromatic rings. The van der Waals surface area contributed by atoms with E-state index in [-0.39, 0.29) is 59.3 Å². The Balaban J connectivity index is 0.000000288. The number of aryl methyl sites for hydroxylation is 5. The first kappa shape index (κ1) is 21.4. The van der Waals surface area contributed by atoms with Crippen molar-refractivity contribution in [2.45, 2.75) is 60.4 Å². The van der Waals surface area contributed by atoms with Gasteiger partial charge in [-0.2, -0.15) is 0 Å². The van der Waals surface area contributed by atoms with Crippen LogP contribution in [0.1, 0.15) is 74.8 Å². The van der Waals surface area contributed by atoms with Gasteiger partial charge in [0.2, 0.25) is 5.71 Å². The molecule has 0 amide bonds. The van der Waals surface area contributed by atoms with Gasteiger partial charge in [-0.15, -0.1) is 53.6 Å². The quantitative estimate of drug-likeness (QED) is 0.166. The van der Waals surface area contributed by atoms with Gasteiger partial charge in [-0.05, 0) is 100 Å². The third kappa shape index (κ3) is 7.15. The number of hydrogen-bond donors (Lipinski definition) is 0. The van der Waals surface area contributed by atoms with Crippen molar-refractivity contribution < 1.29 is 45.1 Å². The topological polar surface area (TPSA) is 51.8 Å². The molecule has 0 bridgehead atoms. The Bertz CT molecular complexity index is 3000. The van der Waals surface area contributed by atoms with E-state index < -0.39 is 39.7 Å². The molecule has 0 aliphatic carbocycles. The molecule has 0 aliphatic rings. The fraction of sp³-hybridized carbons (Fsp3) is 0.196. The summed E-state index contributed by atoms with van der Waals surface area (Å²) in [5.41, 5.74) is 3.52. The molecule has 1 radical (unpaired) electrons. The van der Waals surface area contributed by atoms with Gasteiger partial charge in [-0.25, -0.2) is 4.98 Å². The number of aromatic nitrogens is 3. The second-order valence-corrected chi connectivity index (χ2v) is 12.9. The van der Waals surface area contributed by atoms with E-state index in [2.05, 4.69) is 27.1 Å². The van der Waals surface area contributed by atoms with Crippen molar-refractivity contribution in [3.63, 3.8) is 0 Å². The minimum Gasteiger partial charge on any atom is -0.486 e. The molecule has 0 N–H and O–H groups in total. The Morgan fingerprint density at radius 1 is 0.686 bits per heavy atom. The van der Waals surface area contributed by atoms with Crippen molar-refractivity contribution >= 4 is 32.8 Å². The molecular weight excluding hydrogens is 803 g/mol.